The van der Waals surface area contributed by atoms with Gasteiger partial charge in [0.25, 0.3) is 5.56 Å². The van der Waals surface area contributed by atoms with E-state index >= 15 is 0 Å². The number of fused-ring (bicyclic) bond motifs is 3. The number of thiophene rings is 1. The minimum absolute atomic E-state index is 0.0263. The second kappa shape index (κ2) is 5.99. The number of carbonyl (C=O) groups is 1. The second-order valence-electron chi connectivity index (χ2n) is 7.19. The summed E-state index contributed by atoms with van der Waals surface area (Å²) in [6.07, 6.45) is 5.48. The molecule has 1 fully saturated rings. The maximum absolute atomic E-state index is 12.6. The van der Waals surface area contributed by atoms with Gasteiger partial charge in [-0.05, 0) is 50.5 Å². The van der Waals surface area contributed by atoms with Crippen LogP contribution in [0.15, 0.2) is 4.79 Å². The third-order valence-corrected chi connectivity index (χ3v) is 6.45. The summed E-state index contributed by atoms with van der Waals surface area (Å²) in [6.45, 7) is 4.02. The Kier molecular flexibility index (Phi) is 3.95. The highest BCUT2D eigenvalue weighted by Gasteiger charge is 2.29. The zero-order valence-electron chi connectivity index (χ0n) is 14.1. The largest absolute Gasteiger partial charge is 0.454 e. The van der Waals surface area contributed by atoms with Crippen molar-refractivity contribution in [1.82, 2.24) is 9.97 Å². The molecule has 2 atom stereocenters. The van der Waals surface area contributed by atoms with Crippen LogP contribution in [0.2, 0.25) is 0 Å². The Balaban J connectivity index is 1.65. The number of aromatic nitrogens is 2. The summed E-state index contributed by atoms with van der Waals surface area (Å²) in [6, 6.07) is 0. The van der Waals surface area contributed by atoms with Crippen LogP contribution in [0.1, 0.15) is 61.9 Å². The molecule has 0 radical (unpaired) electrons. The fraction of sp³-hybridized carbons (Fsp3) is 0.611. The molecular weight excluding hydrogens is 324 g/mol. The lowest BCUT2D eigenvalue weighted by Crippen LogP contribution is -2.26. The highest BCUT2D eigenvalue weighted by Crippen LogP contribution is 2.36. The molecule has 5 nitrogen and oxygen atoms in total. The maximum Gasteiger partial charge on any atom is 0.309 e. The number of esters is 1. The molecule has 1 saturated carbocycles. The number of nitrogens with one attached hydrogen (secondary N) is 1. The lowest BCUT2D eigenvalue weighted by atomic mass is 9.86. The topological polar surface area (TPSA) is 72.0 Å². The van der Waals surface area contributed by atoms with Crippen molar-refractivity contribution in [2.75, 3.05) is 0 Å². The molecule has 2 aromatic rings. The standard InChI is InChI=1S/C18H22N2O3S/c1-9-6-7-12-13(8-9)24-17-14(12)16(21)19-15(20-17)10(2)23-18(22)11-4-3-5-11/h9-11H,3-8H2,1-2H3,(H,19,20,21)/t9-,10+/m1/s1. The second-order valence-corrected chi connectivity index (χ2v) is 8.27. The predicted octanol–water partition coefficient (Wildman–Crippen LogP) is 3.51. The minimum atomic E-state index is -0.520. The Morgan fingerprint density at radius 3 is 2.88 bits per heavy atom. The number of aromatic amines is 1. The normalized spacial score (nSPS) is 22.0. The molecule has 2 heterocycles. The van der Waals surface area contributed by atoms with Crippen molar-refractivity contribution in [1.29, 1.82) is 0 Å². The smallest absolute Gasteiger partial charge is 0.309 e. The highest BCUT2D eigenvalue weighted by atomic mass is 32.1. The van der Waals surface area contributed by atoms with Crippen LogP contribution in [0, 0.1) is 11.8 Å². The molecule has 0 aliphatic heterocycles. The van der Waals surface area contributed by atoms with Crippen LogP contribution in [0.5, 0.6) is 0 Å². The van der Waals surface area contributed by atoms with Crippen LogP contribution in [-0.4, -0.2) is 15.9 Å². The van der Waals surface area contributed by atoms with Gasteiger partial charge in [0.15, 0.2) is 11.9 Å². The first-order valence-electron chi connectivity index (χ1n) is 8.78. The van der Waals surface area contributed by atoms with Crippen LogP contribution >= 0.6 is 11.3 Å². The van der Waals surface area contributed by atoms with Gasteiger partial charge >= 0.3 is 5.97 Å². The summed E-state index contributed by atoms with van der Waals surface area (Å²) in [5.41, 5.74) is 1.07. The van der Waals surface area contributed by atoms with Gasteiger partial charge in [-0.15, -0.1) is 11.3 Å². The van der Waals surface area contributed by atoms with Crippen molar-refractivity contribution in [3.63, 3.8) is 0 Å². The summed E-state index contributed by atoms with van der Waals surface area (Å²) >= 11 is 1.62. The van der Waals surface area contributed by atoms with Gasteiger partial charge in [-0.3, -0.25) is 9.59 Å². The molecule has 0 unspecified atom stereocenters. The van der Waals surface area contributed by atoms with E-state index in [1.807, 2.05) is 0 Å². The van der Waals surface area contributed by atoms with E-state index in [9.17, 15) is 9.59 Å². The molecule has 0 amide bonds. The average Bonchev–Trinajstić information content (AvgIpc) is 2.82. The van der Waals surface area contributed by atoms with Crippen molar-refractivity contribution in [3.8, 4) is 0 Å². The summed E-state index contributed by atoms with van der Waals surface area (Å²) < 4.78 is 5.50. The molecule has 128 valence electrons. The van der Waals surface area contributed by atoms with Gasteiger partial charge in [-0.25, -0.2) is 4.98 Å². The van der Waals surface area contributed by atoms with Gasteiger partial charge in [0.2, 0.25) is 0 Å². The van der Waals surface area contributed by atoms with E-state index in [0.29, 0.717) is 11.7 Å². The summed E-state index contributed by atoms with van der Waals surface area (Å²) in [5, 5.41) is 0.739. The van der Waals surface area contributed by atoms with E-state index in [4.69, 9.17) is 4.74 Å². The Morgan fingerprint density at radius 1 is 1.38 bits per heavy atom. The number of aryl methyl sites for hydroxylation is 1. The van der Waals surface area contributed by atoms with Crippen molar-refractivity contribution >= 4 is 27.5 Å². The van der Waals surface area contributed by atoms with Crippen LogP contribution in [0.4, 0.5) is 0 Å². The Hall–Kier alpha value is -1.69. The number of H-pyrrole nitrogens is 1. The number of rotatable bonds is 3. The quantitative estimate of drug-likeness (QED) is 0.863. The molecule has 2 aromatic heterocycles. The summed E-state index contributed by atoms with van der Waals surface area (Å²) in [5.74, 6) is 0.965. The number of nitrogens with zero attached hydrogens (tertiary/aromatic N) is 1. The van der Waals surface area contributed by atoms with Crippen molar-refractivity contribution in [2.45, 2.75) is 58.5 Å². The third-order valence-electron chi connectivity index (χ3n) is 5.30. The van der Waals surface area contributed by atoms with Crippen LogP contribution in [0.3, 0.4) is 0 Å². The molecule has 0 spiro atoms. The number of ether oxygens (including phenoxy) is 1. The summed E-state index contributed by atoms with van der Waals surface area (Å²) in [7, 11) is 0. The van der Waals surface area contributed by atoms with E-state index in [2.05, 4.69) is 16.9 Å². The Bertz CT molecular complexity index is 850. The molecule has 2 aliphatic rings. The van der Waals surface area contributed by atoms with E-state index < -0.39 is 6.10 Å². The molecule has 0 saturated heterocycles. The van der Waals surface area contributed by atoms with Crippen LogP contribution in [0.25, 0.3) is 10.2 Å². The zero-order valence-corrected chi connectivity index (χ0v) is 14.9. The molecule has 6 heteroatoms. The highest BCUT2D eigenvalue weighted by molar-refractivity contribution is 7.18. The fourth-order valence-electron chi connectivity index (χ4n) is 3.53. The van der Waals surface area contributed by atoms with Crippen LogP contribution in [-0.2, 0) is 22.4 Å². The van der Waals surface area contributed by atoms with Crippen LogP contribution < -0.4 is 5.56 Å². The predicted molar refractivity (Wildman–Crippen MR) is 93.3 cm³/mol. The molecule has 0 aromatic carbocycles. The maximum atomic E-state index is 12.6. The molecule has 2 aliphatic carbocycles. The Labute approximate surface area is 144 Å². The monoisotopic (exact) mass is 346 g/mol. The third kappa shape index (κ3) is 2.66. The molecule has 24 heavy (non-hydrogen) atoms. The molecule has 0 bridgehead atoms. The first-order chi connectivity index (χ1) is 11.5. The SMILES string of the molecule is C[C@@H]1CCc2c(sc3nc([C@H](C)OC(=O)C4CCC4)[nH]c(=O)c23)C1. The summed E-state index contributed by atoms with van der Waals surface area (Å²) in [4.78, 5) is 34.1. The minimum Gasteiger partial charge on any atom is -0.454 e. The first-order valence-corrected chi connectivity index (χ1v) is 9.59. The average molecular weight is 346 g/mol. The van der Waals surface area contributed by atoms with E-state index in [1.54, 1.807) is 18.3 Å². The van der Waals surface area contributed by atoms with Gasteiger partial charge in [0.05, 0.1) is 11.3 Å². The fourth-order valence-corrected chi connectivity index (χ4v) is 4.92. The van der Waals surface area contributed by atoms with Gasteiger partial charge in [0.1, 0.15) is 4.83 Å². The van der Waals surface area contributed by atoms with Gasteiger partial charge in [0, 0.05) is 4.88 Å². The Morgan fingerprint density at radius 2 is 2.17 bits per heavy atom. The number of carbonyl (C=O) groups excluding carboxylic acids is 1. The molecular formula is C18H22N2O3S. The van der Waals surface area contributed by atoms with E-state index in [1.165, 1.54) is 10.4 Å². The molecule has 4 rings (SSSR count). The van der Waals surface area contributed by atoms with Crippen molar-refractivity contribution in [2.24, 2.45) is 11.8 Å². The number of hydrogen-bond acceptors (Lipinski definition) is 5. The lowest BCUT2D eigenvalue weighted by molar-refractivity contribution is -0.156. The van der Waals surface area contributed by atoms with Gasteiger partial charge in [-0.2, -0.15) is 0 Å². The van der Waals surface area contributed by atoms with Crippen molar-refractivity contribution in [3.05, 3.63) is 26.6 Å². The van der Waals surface area contributed by atoms with Crippen molar-refractivity contribution < 1.29 is 9.53 Å². The van der Waals surface area contributed by atoms with Gasteiger partial charge < -0.3 is 9.72 Å². The van der Waals surface area contributed by atoms with E-state index in [-0.39, 0.29) is 17.4 Å². The lowest BCUT2D eigenvalue weighted by Gasteiger charge is -2.24. The first kappa shape index (κ1) is 15.8. The number of hydrogen-bond donors (Lipinski definition) is 1. The van der Waals surface area contributed by atoms with E-state index in [0.717, 1.165) is 48.7 Å². The zero-order chi connectivity index (χ0) is 16.8. The van der Waals surface area contributed by atoms with Gasteiger partial charge in [-0.1, -0.05) is 13.3 Å². The molecule has 1 N–H and O–H groups in total.